The van der Waals surface area contributed by atoms with Gasteiger partial charge in [0, 0.05) is 16.7 Å². The molecular weight excluding hydrogens is 378 g/mol. The van der Waals surface area contributed by atoms with Crippen molar-refractivity contribution in [2.45, 2.75) is 20.0 Å². The van der Waals surface area contributed by atoms with Crippen LogP contribution >= 0.6 is 0 Å². The number of benzene rings is 3. The number of carbonyl (C=O) groups excluding carboxylic acids is 3. The largest absolute Gasteiger partial charge is 0.448 e. The number of aryl methyl sites for hydroxylation is 2. The van der Waals surface area contributed by atoms with Crippen LogP contribution in [0.5, 0.6) is 0 Å². The minimum Gasteiger partial charge on any atom is -0.448 e. The van der Waals surface area contributed by atoms with E-state index in [0.717, 1.165) is 11.1 Å². The summed E-state index contributed by atoms with van der Waals surface area (Å²) in [5, 5.41) is 2.53. The van der Waals surface area contributed by atoms with Crippen molar-refractivity contribution in [2.75, 3.05) is 6.54 Å². The van der Waals surface area contributed by atoms with E-state index in [4.69, 9.17) is 4.74 Å². The average molecular weight is 401 g/mol. The second kappa shape index (κ2) is 9.65. The molecule has 3 rings (SSSR count). The van der Waals surface area contributed by atoms with Gasteiger partial charge in [-0.05, 0) is 26.0 Å². The van der Waals surface area contributed by atoms with Gasteiger partial charge >= 0.3 is 5.97 Å². The first-order chi connectivity index (χ1) is 14.4. The predicted molar refractivity (Wildman–Crippen MR) is 114 cm³/mol. The van der Waals surface area contributed by atoms with Crippen LogP contribution in [-0.4, -0.2) is 24.2 Å². The van der Waals surface area contributed by atoms with E-state index < -0.39 is 12.1 Å². The van der Waals surface area contributed by atoms with E-state index in [9.17, 15) is 14.4 Å². The summed E-state index contributed by atoms with van der Waals surface area (Å²) >= 11 is 0. The molecule has 0 aliphatic rings. The molecule has 0 aromatic heterocycles. The van der Waals surface area contributed by atoms with Crippen LogP contribution in [0.25, 0.3) is 0 Å². The van der Waals surface area contributed by atoms with Crippen LogP contribution in [0.2, 0.25) is 0 Å². The molecule has 3 aromatic carbocycles. The highest BCUT2D eigenvalue weighted by molar-refractivity contribution is 6.01. The van der Waals surface area contributed by atoms with Crippen LogP contribution in [-0.2, 0) is 9.53 Å². The fourth-order valence-electron chi connectivity index (χ4n) is 2.90. The predicted octanol–water partition coefficient (Wildman–Crippen LogP) is 4.20. The Hall–Kier alpha value is -3.73. The maximum absolute atomic E-state index is 13.1. The quantitative estimate of drug-likeness (QED) is 0.476. The van der Waals surface area contributed by atoms with Crippen molar-refractivity contribution in [1.82, 2.24) is 5.32 Å². The number of amides is 1. The van der Waals surface area contributed by atoms with Crippen LogP contribution in [0.3, 0.4) is 0 Å². The Kier molecular flexibility index (Phi) is 6.75. The van der Waals surface area contributed by atoms with Crippen LogP contribution in [0, 0.1) is 13.8 Å². The van der Waals surface area contributed by atoms with Gasteiger partial charge in [0.05, 0.1) is 0 Å². The van der Waals surface area contributed by atoms with Crippen LogP contribution < -0.4 is 5.32 Å². The summed E-state index contributed by atoms with van der Waals surface area (Å²) in [5.41, 5.74) is 3.53. The molecule has 3 aromatic rings. The smallest absolute Gasteiger partial charge is 0.326 e. The van der Waals surface area contributed by atoms with Gasteiger partial charge in [-0.25, -0.2) is 0 Å². The molecular formula is C25H23NO4. The maximum atomic E-state index is 13.1. The first-order valence-electron chi connectivity index (χ1n) is 9.64. The number of hydrogen-bond acceptors (Lipinski definition) is 4. The summed E-state index contributed by atoms with van der Waals surface area (Å²) < 4.78 is 5.51. The van der Waals surface area contributed by atoms with Gasteiger partial charge in [-0.2, -0.15) is 0 Å². The number of nitrogens with one attached hydrogen (secondary N) is 1. The Balaban J connectivity index is 1.74. The lowest BCUT2D eigenvalue weighted by atomic mass is 9.98. The normalized spacial score (nSPS) is 11.4. The van der Waals surface area contributed by atoms with Crippen LogP contribution in [0.4, 0.5) is 0 Å². The fourth-order valence-corrected chi connectivity index (χ4v) is 2.90. The third-order valence-electron chi connectivity index (χ3n) is 4.63. The molecule has 152 valence electrons. The molecule has 30 heavy (non-hydrogen) atoms. The van der Waals surface area contributed by atoms with Gasteiger partial charge in [0.1, 0.15) is 6.54 Å². The monoisotopic (exact) mass is 401 g/mol. The molecule has 0 aliphatic carbocycles. The molecule has 0 bridgehead atoms. The Labute approximate surface area is 175 Å². The molecule has 5 nitrogen and oxygen atoms in total. The van der Waals surface area contributed by atoms with Crippen molar-refractivity contribution in [1.29, 1.82) is 0 Å². The second-order valence-corrected chi connectivity index (χ2v) is 7.06. The molecule has 0 saturated heterocycles. The van der Waals surface area contributed by atoms with Gasteiger partial charge in [-0.15, -0.1) is 0 Å². The minimum atomic E-state index is -1.09. The van der Waals surface area contributed by atoms with Crippen molar-refractivity contribution < 1.29 is 19.1 Å². The molecule has 0 fully saturated rings. The third kappa shape index (κ3) is 5.41. The van der Waals surface area contributed by atoms with E-state index in [1.54, 1.807) is 54.6 Å². The van der Waals surface area contributed by atoms with Gasteiger partial charge in [-0.3, -0.25) is 14.4 Å². The molecule has 0 saturated carbocycles. The van der Waals surface area contributed by atoms with E-state index in [1.165, 1.54) is 0 Å². The summed E-state index contributed by atoms with van der Waals surface area (Å²) in [6, 6.07) is 22.9. The number of carbonyl (C=O) groups is 3. The molecule has 0 heterocycles. The molecule has 0 radical (unpaired) electrons. The summed E-state index contributed by atoms with van der Waals surface area (Å²) in [6.45, 7) is 3.53. The first kappa shape index (κ1) is 21.0. The number of esters is 1. The van der Waals surface area contributed by atoms with E-state index in [1.807, 2.05) is 38.1 Å². The molecule has 0 unspecified atom stereocenters. The second-order valence-electron chi connectivity index (χ2n) is 7.06. The lowest BCUT2D eigenvalue weighted by molar-refractivity contribution is -0.146. The van der Waals surface area contributed by atoms with Gasteiger partial charge < -0.3 is 10.1 Å². The lowest BCUT2D eigenvalue weighted by Crippen LogP contribution is -2.32. The lowest BCUT2D eigenvalue weighted by Gasteiger charge is -2.18. The van der Waals surface area contributed by atoms with Crippen LogP contribution in [0.1, 0.15) is 43.5 Å². The van der Waals surface area contributed by atoms with Crippen molar-refractivity contribution in [3.8, 4) is 0 Å². The summed E-state index contributed by atoms with van der Waals surface area (Å²) in [5.74, 6) is -1.39. The number of Topliss-reactive ketones (excluding diaryl/α,β-unsaturated/α-hetero) is 1. The van der Waals surface area contributed by atoms with Crippen molar-refractivity contribution >= 4 is 17.7 Å². The number of rotatable bonds is 7. The summed E-state index contributed by atoms with van der Waals surface area (Å²) in [4.78, 5) is 37.6. The zero-order valence-corrected chi connectivity index (χ0v) is 16.9. The molecule has 0 spiro atoms. The summed E-state index contributed by atoms with van der Waals surface area (Å²) in [6.07, 6.45) is -1.09. The first-order valence-corrected chi connectivity index (χ1v) is 9.64. The van der Waals surface area contributed by atoms with Gasteiger partial charge in [0.15, 0.2) is 6.10 Å². The topological polar surface area (TPSA) is 72.5 Å². The van der Waals surface area contributed by atoms with E-state index in [0.29, 0.717) is 16.7 Å². The van der Waals surface area contributed by atoms with Crippen molar-refractivity contribution in [3.05, 3.63) is 107 Å². The Bertz CT molecular complexity index is 1030. The molecule has 1 N–H and O–H groups in total. The molecule has 1 amide bonds. The van der Waals surface area contributed by atoms with E-state index in [2.05, 4.69) is 5.32 Å². The highest BCUT2D eigenvalue weighted by Gasteiger charge is 2.26. The van der Waals surface area contributed by atoms with Gasteiger partial charge in [-0.1, -0.05) is 77.9 Å². The zero-order chi connectivity index (χ0) is 21.5. The maximum Gasteiger partial charge on any atom is 0.326 e. The van der Waals surface area contributed by atoms with Gasteiger partial charge in [0.25, 0.3) is 5.91 Å². The third-order valence-corrected chi connectivity index (χ3v) is 4.63. The highest BCUT2D eigenvalue weighted by atomic mass is 16.5. The zero-order valence-electron chi connectivity index (χ0n) is 16.9. The molecule has 5 heteroatoms. The number of hydrogen-bond donors (Lipinski definition) is 1. The average Bonchev–Trinajstić information content (AvgIpc) is 2.77. The Morgan fingerprint density at radius 1 is 0.767 bits per heavy atom. The Morgan fingerprint density at radius 2 is 1.33 bits per heavy atom. The minimum absolute atomic E-state index is 0.318. The SMILES string of the molecule is Cc1ccc(C(=O)[C@H](OC(=O)CNC(=O)c2ccccc2)c2ccc(C)cc2)cc1. The van der Waals surface area contributed by atoms with Gasteiger partial charge in [0.2, 0.25) is 5.78 Å². The number of ether oxygens (including phenoxy) is 1. The van der Waals surface area contributed by atoms with E-state index in [-0.39, 0.29) is 18.2 Å². The molecule has 0 aliphatic heterocycles. The van der Waals surface area contributed by atoms with Crippen LogP contribution in [0.15, 0.2) is 78.9 Å². The highest BCUT2D eigenvalue weighted by Crippen LogP contribution is 2.23. The molecule has 1 atom stereocenters. The fraction of sp³-hybridized carbons (Fsp3) is 0.160. The summed E-state index contributed by atoms with van der Waals surface area (Å²) in [7, 11) is 0. The van der Waals surface area contributed by atoms with E-state index >= 15 is 0 Å². The van der Waals surface area contributed by atoms with Crippen molar-refractivity contribution in [2.24, 2.45) is 0 Å². The standard InChI is InChI=1S/C25H23NO4/c1-17-8-12-19(13-9-17)23(28)24(20-14-10-18(2)11-15-20)30-22(27)16-26-25(29)21-6-4-3-5-7-21/h3-15,24H,16H2,1-2H3,(H,26,29)/t24-/m1/s1. The van der Waals surface area contributed by atoms with Crippen molar-refractivity contribution in [3.63, 3.8) is 0 Å². The Morgan fingerprint density at radius 3 is 1.93 bits per heavy atom. The number of ketones is 1.